The van der Waals surface area contributed by atoms with Gasteiger partial charge >= 0.3 is 0 Å². The third-order valence-corrected chi connectivity index (χ3v) is 2.67. The molecule has 1 heterocycles. The largest absolute Gasteiger partial charge is 0.402 e. The highest BCUT2D eigenvalue weighted by Gasteiger charge is 2.03. The summed E-state index contributed by atoms with van der Waals surface area (Å²) in [5, 5.41) is 5.49. The minimum absolute atomic E-state index is 0.469. The number of nitrogens with zero attached hydrogens (tertiary/aromatic N) is 1. The van der Waals surface area contributed by atoms with Gasteiger partial charge < -0.3 is 11.1 Å². The van der Waals surface area contributed by atoms with E-state index in [4.69, 9.17) is 17.3 Å². The van der Waals surface area contributed by atoms with Gasteiger partial charge in [0.25, 0.3) is 0 Å². The summed E-state index contributed by atoms with van der Waals surface area (Å²) in [6.45, 7) is 5.65. The maximum atomic E-state index is 6.13. The predicted octanol–water partition coefficient (Wildman–Crippen LogP) is 3.68. The number of hydrogen-bond donors (Lipinski definition) is 2. The van der Waals surface area contributed by atoms with Gasteiger partial charge in [0.2, 0.25) is 0 Å². The van der Waals surface area contributed by atoms with Crippen LogP contribution in [0.5, 0.6) is 0 Å². The number of anilines is 1. The molecule has 3 nitrogen and oxygen atoms in total. The standard InChI is InChI=1S/C14H14ClN3/c1-9(16)7-10(2)17-13-8-11-5-3-4-6-12(11)14(15)18-13/h3-8H,2,16H2,1H3,(H,17,18)/b9-7-. The van der Waals surface area contributed by atoms with Crippen LogP contribution in [0, 0.1) is 0 Å². The smallest absolute Gasteiger partial charge is 0.139 e. The Morgan fingerprint density at radius 3 is 2.89 bits per heavy atom. The van der Waals surface area contributed by atoms with Crippen LogP contribution in [0.2, 0.25) is 5.15 Å². The van der Waals surface area contributed by atoms with Crippen molar-refractivity contribution in [1.82, 2.24) is 4.98 Å². The molecule has 0 saturated heterocycles. The molecule has 0 unspecified atom stereocenters. The van der Waals surface area contributed by atoms with Crippen molar-refractivity contribution in [2.75, 3.05) is 5.32 Å². The Kier molecular flexibility index (Phi) is 3.53. The summed E-state index contributed by atoms with van der Waals surface area (Å²) in [5.74, 6) is 0.654. The van der Waals surface area contributed by atoms with Crippen molar-refractivity contribution in [1.29, 1.82) is 0 Å². The van der Waals surface area contributed by atoms with Gasteiger partial charge in [-0.25, -0.2) is 4.98 Å². The van der Waals surface area contributed by atoms with Crippen LogP contribution >= 0.6 is 11.6 Å². The first kappa shape index (κ1) is 12.5. The van der Waals surface area contributed by atoms with Gasteiger partial charge in [0.1, 0.15) is 11.0 Å². The highest BCUT2D eigenvalue weighted by atomic mass is 35.5. The topological polar surface area (TPSA) is 50.9 Å². The van der Waals surface area contributed by atoms with Gasteiger partial charge in [-0.15, -0.1) is 0 Å². The van der Waals surface area contributed by atoms with E-state index in [-0.39, 0.29) is 0 Å². The molecule has 0 aliphatic heterocycles. The van der Waals surface area contributed by atoms with Gasteiger partial charge in [0.05, 0.1) is 0 Å². The quantitative estimate of drug-likeness (QED) is 0.653. The Labute approximate surface area is 111 Å². The second-order valence-electron chi connectivity index (χ2n) is 4.06. The Morgan fingerprint density at radius 1 is 1.44 bits per heavy atom. The molecule has 0 saturated carbocycles. The molecule has 2 aromatic rings. The number of nitrogens with two attached hydrogens (primary N) is 1. The van der Waals surface area contributed by atoms with Gasteiger partial charge in [0.15, 0.2) is 0 Å². The lowest BCUT2D eigenvalue weighted by Gasteiger charge is -2.08. The van der Waals surface area contributed by atoms with E-state index in [1.54, 1.807) is 13.0 Å². The Balaban J connectivity index is 2.35. The molecular formula is C14H14ClN3. The number of rotatable bonds is 3. The van der Waals surface area contributed by atoms with E-state index in [9.17, 15) is 0 Å². The van der Waals surface area contributed by atoms with Crippen molar-refractivity contribution in [2.45, 2.75) is 6.92 Å². The fourth-order valence-corrected chi connectivity index (χ4v) is 1.96. The molecule has 18 heavy (non-hydrogen) atoms. The Hall–Kier alpha value is -2.00. The van der Waals surface area contributed by atoms with Crippen LogP contribution in [0.15, 0.2) is 54.4 Å². The van der Waals surface area contributed by atoms with Gasteiger partial charge in [-0.1, -0.05) is 42.4 Å². The van der Waals surface area contributed by atoms with E-state index in [0.29, 0.717) is 22.4 Å². The molecule has 92 valence electrons. The van der Waals surface area contributed by atoms with Crippen LogP contribution in [0.3, 0.4) is 0 Å². The summed E-state index contributed by atoms with van der Waals surface area (Å²) in [6.07, 6.45) is 1.74. The van der Waals surface area contributed by atoms with Gasteiger partial charge in [-0.05, 0) is 24.5 Å². The molecule has 0 aliphatic rings. The van der Waals surface area contributed by atoms with Crippen molar-refractivity contribution in [3.8, 4) is 0 Å². The fourth-order valence-electron chi connectivity index (χ4n) is 1.70. The summed E-state index contributed by atoms with van der Waals surface area (Å²) in [7, 11) is 0. The number of benzene rings is 1. The van der Waals surface area contributed by atoms with Crippen molar-refractivity contribution < 1.29 is 0 Å². The summed E-state index contributed by atoms with van der Waals surface area (Å²) >= 11 is 6.13. The molecule has 0 aliphatic carbocycles. The van der Waals surface area contributed by atoms with Crippen LogP contribution < -0.4 is 11.1 Å². The highest BCUT2D eigenvalue weighted by molar-refractivity contribution is 6.34. The first-order chi connectivity index (χ1) is 8.56. The number of pyridine rings is 1. The lowest BCUT2D eigenvalue weighted by Crippen LogP contribution is -2.01. The molecular weight excluding hydrogens is 246 g/mol. The van der Waals surface area contributed by atoms with Crippen molar-refractivity contribution in [2.24, 2.45) is 5.73 Å². The minimum Gasteiger partial charge on any atom is -0.402 e. The van der Waals surface area contributed by atoms with E-state index < -0.39 is 0 Å². The van der Waals surface area contributed by atoms with Gasteiger partial charge in [-0.2, -0.15) is 0 Å². The van der Waals surface area contributed by atoms with E-state index in [0.717, 1.165) is 10.8 Å². The molecule has 1 aromatic carbocycles. The zero-order chi connectivity index (χ0) is 13.1. The van der Waals surface area contributed by atoms with Crippen LogP contribution in [-0.2, 0) is 0 Å². The van der Waals surface area contributed by atoms with E-state index >= 15 is 0 Å². The van der Waals surface area contributed by atoms with E-state index in [1.165, 1.54) is 0 Å². The molecule has 4 heteroatoms. The molecule has 0 radical (unpaired) electrons. The summed E-state index contributed by atoms with van der Waals surface area (Å²) < 4.78 is 0. The average Bonchev–Trinajstić information content (AvgIpc) is 2.27. The fraction of sp³-hybridized carbons (Fsp3) is 0.0714. The normalized spacial score (nSPS) is 11.6. The molecule has 0 bridgehead atoms. The minimum atomic E-state index is 0.469. The third-order valence-electron chi connectivity index (χ3n) is 2.38. The van der Waals surface area contributed by atoms with Crippen LogP contribution in [-0.4, -0.2) is 4.98 Å². The zero-order valence-electron chi connectivity index (χ0n) is 10.1. The summed E-state index contributed by atoms with van der Waals surface area (Å²) in [4.78, 5) is 4.27. The Morgan fingerprint density at radius 2 is 2.17 bits per heavy atom. The van der Waals surface area contributed by atoms with E-state index in [1.807, 2.05) is 30.3 Å². The molecule has 3 N–H and O–H groups in total. The number of fused-ring (bicyclic) bond motifs is 1. The zero-order valence-corrected chi connectivity index (χ0v) is 10.8. The predicted molar refractivity (Wildman–Crippen MR) is 77.5 cm³/mol. The molecule has 2 rings (SSSR count). The number of halogens is 1. The summed E-state index contributed by atoms with van der Waals surface area (Å²) in [6, 6.07) is 9.74. The molecule has 0 amide bonds. The lowest BCUT2D eigenvalue weighted by molar-refractivity contribution is 1.27. The molecule has 0 fully saturated rings. The van der Waals surface area contributed by atoms with Crippen molar-refractivity contribution in [3.05, 3.63) is 59.5 Å². The Bertz CT molecular complexity index is 628. The number of nitrogens with one attached hydrogen (secondary N) is 1. The maximum Gasteiger partial charge on any atom is 0.139 e. The first-order valence-electron chi connectivity index (χ1n) is 5.51. The average molecular weight is 260 g/mol. The summed E-state index contributed by atoms with van der Waals surface area (Å²) in [5.41, 5.74) is 6.94. The van der Waals surface area contributed by atoms with Crippen LogP contribution in [0.1, 0.15) is 6.92 Å². The lowest BCUT2D eigenvalue weighted by atomic mass is 10.2. The molecule has 1 aromatic heterocycles. The van der Waals surface area contributed by atoms with Crippen LogP contribution in [0.4, 0.5) is 5.82 Å². The third kappa shape index (κ3) is 2.81. The van der Waals surface area contributed by atoms with E-state index in [2.05, 4.69) is 16.9 Å². The molecule has 0 atom stereocenters. The van der Waals surface area contributed by atoms with Crippen molar-refractivity contribution >= 4 is 28.2 Å². The van der Waals surface area contributed by atoms with Gasteiger partial charge in [-0.3, -0.25) is 0 Å². The number of aromatic nitrogens is 1. The monoisotopic (exact) mass is 259 g/mol. The second-order valence-corrected chi connectivity index (χ2v) is 4.42. The van der Waals surface area contributed by atoms with Crippen LogP contribution in [0.25, 0.3) is 10.8 Å². The number of allylic oxidation sites excluding steroid dienone is 2. The highest BCUT2D eigenvalue weighted by Crippen LogP contribution is 2.24. The van der Waals surface area contributed by atoms with Crippen molar-refractivity contribution in [3.63, 3.8) is 0 Å². The second kappa shape index (κ2) is 5.10. The van der Waals surface area contributed by atoms with Gasteiger partial charge in [0, 0.05) is 16.8 Å². The maximum absolute atomic E-state index is 6.13. The first-order valence-corrected chi connectivity index (χ1v) is 5.89. The molecule has 0 spiro atoms. The SMILES string of the molecule is C=C(/C=C(/C)N)Nc1cc2ccccc2c(Cl)n1. The number of hydrogen-bond acceptors (Lipinski definition) is 3.